The highest BCUT2D eigenvalue weighted by molar-refractivity contribution is 9.10. The lowest BCUT2D eigenvalue weighted by atomic mass is 10.3. The summed E-state index contributed by atoms with van der Waals surface area (Å²) in [5, 5.41) is 24.8. The molecule has 0 radical (unpaired) electrons. The number of hydrogen-bond acceptors (Lipinski definition) is 5. The van der Waals surface area contributed by atoms with Gasteiger partial charge in [-0.25, -0.2) is 4.68 Å². The highest BCUT2D eigenvalue weighted by Gasteiger charge is 2.09. The molecular weight excluding hydrogens is 302 g/mol. The molecule has 1 unspecified atom stereocenters. The van der Waals surface area contributed by atoms with Crippen LogP contribution in [0.25, 0.3) is 0 Å². The number of anilines is 1. The summed E-state index contributed by atoms with van der Waals surface area (Å²) in [6, 6.07) is 0. The molecule has 0 aliphatic heterocycles. The largest absolute Gasteiger partial charge is 0.394 e. The third-order valence-electron chi connectivity index (χ3n) is 2.45. The molecule has 0 amide bonds. The van der Waals surface area contributed by atoms with Gasteiger partial charge < -0.3 is 15.5 Å². The van der Waals surface area contributed by atoms with Crippen LogP contribution in [0.15, 0.2) is 15.5 Å². The predicted molar refractivity (Wildman–Crippen MR) is 72.7 cm³/mol. The molecule has 1 heterocycles. The zero-order valence-corrected chi connectivity index (χ0v) is 11.9. The van der Waals surface area contributed by atoms with Crippen molar-refractivity contribution in [2.45, 2.75) is 32.4 Å². The number of hydrogen-bond donors (Lipinski definition) is 3. The molecule has 0 saturated carbocycles. The van der Waals surface area contributed by atoms with E-state index in [1.807, 2.05) is 6.92 Å². The molecule has 0 aliphatic carbocycles. The van der Waals surface area contributed by atoms with Gasteiger partial charge in [0.05, 0.1) is 24.6 Å². The summed E-state index contributed by atoms with van der Waals surface area (Å²) in [5.74, 6) is 0. The lowest BCUT2D eigenvalue weighted by Gasteiger charge is -2.12. The van der Waals surface area contributed by atoms with Crippen LogP contribution in [-0.2, 0) is 6.54 Å². The molecule has 1 rings (SSSR count). The molecule has 18 heavy (non-hydrogen) atoms. The Bertz CT molecular complexity index is 436. The second kappa shape index (κ2) is 7.50. The molecule has 1 atom stereocenters. The third-order valence-corrected chi connectivity index (χ3v) is 3.21. The Morgan fingerprint density at radius 3 is 2.94 bits per heavy atom. The maximum Gasteiger partial charge on any atom is 0.283 e. The van der Waals surface area contributed by atoms with Crippen molar-refractivity contribution in [3.63, 3.8) is 0 Å². The third kappa shape index (κ3) is 4.08. The van der Waals surface area contributed by atoms with Gasteiger partial charge in [-0.1, -0.05) is 13.3 Å². The number of aromatic nitrogens is 2. The first-order valence-electron chi connectivity index (χ1n) is 5.88. The first-order valence-corrected chi connectivity index (χ1v) is 6.67. The quantitative estimate of drug-likeness (QED) is 0.684. The van der Waals surface area contributed by atoms with Crippen LogP contribution in [0.4, 0.5) is 5.69 Å². The lowest BCUT2D eigenvalue weighted by molar-refractivity contribution is 0.105. The second-order valence-electron chi connectivity index (χ2n) is 3.97. The average molecular weight is 320 g/mol. The molecular formula is C11H18BrN3O3. The minimum absolute atomic E-state index is 0.162. The van der Waals surface area contributed by atoms with Crippen molar-refractivity contribution in [1.29, 1.82) is 0 Å². The summed E-state index contributed by atoms with van der Waals surface area (Å²) in [7, 11) is 0. The Morgan fingerprint density at radius 2 is 2.33 bits per heavy atom. The number of unbranched alkanes of at least 4 members (excludes halogenated alkanes) is 1. The molecule has 0 fully saturated rings. The van der Waals surface area contributed by atoms with Crippen LogP contribution in [0.5, 0.6) is 0 Å². The highest BCUT2D eigenvalue weighted by Crippen LogP contribution is 2.16. The van der Waals surface area contributed by atoms with E-state index in [4.69, 9.17) is 5.11 Å². The van der Waals surface area contributed by atoms with Crippen molar-refractivity contribution in [1.82, 2.24) is 9.78 Å². The van der Waals surface area contributed by atoms with E-state index in [1.165, 1.54) is 10.9 Å². The van der Waals surface area contributed by atoms with Crippen LogP contribution in [0.3, 0.4) is 0 Å². The van der Waals surface area contributed by atoms with Gasteiger partial charge in [0, 0.05) is 13.1 Å². The van der Waals surface area contributed by atoms with E-state index in [1.54, 1.807) is 0 Å². The van der Waals surface area contributed by atoms with Crippen LogP contribution in [-0.4, -0.2) is 39.2 Å². The van der Waals surface area contributed by atoms with Crippen LogP contribution in [0.2, 0.25) is 0 Å². The molecule has 0 bridgehead atoms. The fraction of sp³-hybridized carbons (Fsp3) is 0.636. The van der Waals surface area contributed by atoms with Gasteiger partial charge in [-0.05, 0) is 22.4 Å². The van der Waals surface area contributed by atoms with E-state index in [2.05, 4.69) is 26.3 Å². The molecule has 0 spiro atoms. The first-order chi connectivity index (χ1) is 8.60. The van der Waals surface area contributed by atoms with Crippen LogP contribution >= 0.6 is 15.9 Å². The van der Waals surface area contributed by atoms with Crippen molar-refractivity contribution in [3.8, 4) is 0 Å². The van der Waals surface area contributed by atoms with Gasteiger partial charge in [0.25, 0.3) is 5.56 Å². The molecule has 6 nitrogen and oxygen atoms in total. The molecule has 0 aromatic carbocycles. The normalized spacial score (nSPS) is 12.4. The van der Waals surface area contributed by atoms with E-state index in [9.17, 15) is 9.90 Å². The summed E-state index contributed by atoms with van der Waals surface area (Å²) in [4.78, 5) is 11.9. The maximum absolute atomic E-state index is 11.9. The van der Waals surface area contributed by atoms with Crippen molar-refractivity contribution in [2.75, 3.05) is 18.5 Å². The zero-order chi connectivity index (χ0) is 13.5. The molecule has 1 aromatic rings. The molecule has 7 heteroatoms. The first kappa shape index (κ1) is 15.1. The Balaban J connectivity index is 2.77. The van der Waals surface area contributed by atoms with E-state index >= 15 is 0 Å². The zero-order valence-electron chi connectivity index (χ0n) is 10.3. The number of aryl methyl sites for hydroxylation is 1. The summed E-state index contributed by atoms with van der Waals surface area (Å²) < 4.78 is 1.79. The minimum Gasteiger partial charge on any atom is -0.394 e. The standard InChI is InChI=1S/C11H18BrN3O3/c1-2-3-4-15-11(18)10(12)9(6-14-15)13-5-8(17)7-16/h6,8,13,16-17H,2-5,7H2,1H3. The Hall–Kier alpha value is -0.920. The van der Waals surface area contributed by atoms with Crippen molar-refractivity contribution in [2.24, 2.45) is 0 Å². The number of nitrogens with zero attached hydrogens (tertiary/aromatic N) is 2. The highest BCUT2D eigenvalue weighted by atomic mass is 79.9. The van der Waals surface area contributed by atoms with Gasteiger partial charge >= 0.3 is 0 Å². The van der Waals surface area contributed by atoms with Gasteiger partial charge in [0.2, 0.25) is 0 Å². The molecule has 0 aliphatic rings. The van der Waals surface area contributed by atoms with Gasteiger partial charge in [0.15, 0.2) is 0 Å². The van der Waals surface area contributed by atoms with Gasteiger partial charge in [0.1, 0.15) is 4.47 Å². The molecule has 0 saturated heterocycles. The van der Waals surface area contributed by atoms with Gasteiger partial charge in [-0.3, -0.25) is 4.79 Å². The smallest absolute Gasteiger partial charge is 0.283 e. The van der Waals surface area contributed by atoms with E-state index in [0.29, 0.717) is 16.7 Å². The van der Waals surface area contributed by atoms with E-state index < -0.39 is 6.10 Å². The van der Waals surface area contributed by atoms with Crippen molar-refractivity contribution in [3.05, 3.63) is 21.0 Å². The Morgan fingerprint density at radius 1 is 1.61 bits per heavy atom. The molecule has 1 aromatic heterocycles. The van der Waals surface area contributed by atoms with Crippen LogP contribution in [0, 0.1) is 0 Å². The molecule has 3 N–H and O–H groups in total. The van der Waals surface area contributed by atoms with Gasteiger partial charge in [-0.2, -0.15) is 5.10 Å². The second-order valence-corrected chi connectivity index (χ2v) is 4.76. The fourth-order valence-corrected chi connectivity index (χ4v) is 1.80. The number of halogens is 1. The fourth-order valence-electron chi connectivity index (χ4n) is 1.35. The van der Waals surface area contributed by atoms with Crippen molar-refractivity contribution < 1.29 is 10.2 Å². The lowest BCUT2D eigenvalue weighted by Crippen LogP contribution is -2.27. The number of aliphatic hydroxyl groups excluding tert-OH is 2. The monoisotopic (exact) mass is 319 g/mol. The predicted octanol–water partition coefficient (Wildman–Crippen LogP) is 0.571. The number of nitrogens with one attached hydrogen (secondary N) is 1. The van der Waals surface area contributed by atoms with E-state index in [0.717, 1.165) is 12.8 Å². The topological polar surface area (TPSA) is 87.4 Å². The van der Waals surface area contributed by atoms with Gasteiger partial charge in [-0.15, -0.1) is 0 Å². The molecule has 102 valence electrons. The Kier molecular flexibility index (Phi) is 6.31. The minimum atomic E-state index is -0.862. The summed E-state index contributed by atoms with van der Waals surface area (Å²) in [6.07, 6.45) is 2.56. The maximum atomic E-state index is 11.9. The average Bonchev–Trinajstić information content (AvgIpc) is 2.39. The SMILES string of the molecule is CCCCn1ncc(NCC(O)CO)c(Br)c1=O. The summed E-state index contributed by atoms with van der Waals surface area (Å²) in [6.45, 7) is 2.47. The van der Waals surface area contributed by atoms with E-state index in [-0.39, 0.29) is 18.7 Å². The van der Waals surface area contributed by atoms with Crippen molar-refractivity contribution >= 4 is 21.6 Å². The summed E-state index contributed by atoms with van der Waals surface area (Å²) in [5.41, 5.74) is 0.312. The van der Waals surface area contributed by atoms with Crippen LogP contribution < -0.4 is 10.9 Å². The number of rotatable bonds is 7. The number of aliphatic hydroxyl groups is 2. The Labute approximate surface area is 114 Å². The van der Waals surface area contributed by atoms with Crippen LogP contribution in [0.1, 0.15) is 19.8 Å². The summed E-state index contributed by atoms with van der Waals surface area (Å²) >= 11 is 3.22.